The van der Waals surface area contributed by atoms with Gasteiger partial charge in [-0.05, 0) is 88.5 Å². The van der Waals surface area contributed by atoms with Crippen molar-refractivity contribution in [2.75, 3.05) is 4.90 Å². The second-order valence-electron chi connectivity index (χ2n) is 16.9. The maximum absolute atomic E-state index is 6.52. The molecule has 0 unspecified atom stereocenters. The number of furan rings is 1. The summed E-state index contributed by atoms with van der Waals surface area (Å²) in [6.07, 6.45) is 0. The lowest BCUT2D eigenvalue weighted by molar-refractivity contribution is 0.669. The standard InChI is InChI=1S/C60H37N3O/c1-2-15-38(16-3-1)39-17-14-18-41(35-39)61(42-30-31-49-48-24-9-13-28-57(48)64-58(49)37-42)52-25-10-6-21-45(52)44-20-5-4-19-43(44)40-29-34-55-56(36-40)63-54-27-12-8-23-47(54)51-33-32-50-46-22-7-11-26-53(46)62(55)59(50)60(51)63/h1-37H. The van der Waals surface area contributed by atoms with E-state index in [-0.39, 0.29) is 0 Å². The van der Waals surface area contributed by atoms with Gasteiger partial charge in [-0.2, -0.15) is 0 Å². The minimum absolute atomic E-state index is 0.857. The van der Waals surface area contributed by atoms with Gasteiger partial charge in [0.15, 0.2) is 0 Å². The van der Waals surface area contributed by atoms with Crippen LogP contribution in [0.1, 0.15) is 0 Å². The third-order valence-corrected chi connectivity index (χ3v) is 13.4. The molecular formula is C60H37N3O. The van der Waals surface area contributed by atoms with E-state index >= 15 is 0 Å². The zero-order chi connectivity index (χ0) is 41.9. The lowest BCUT2D eigenvalue weighted by Gasteiger charge is -2.29. The summed E-state index contributed by atoms with van der Waals surface area (Å²) in [6.45, 7) is 0. The summed E-state index contributed by atoms with van der Waals surface area (Å²) in [7, 11) is 0. The van der Waals surface area contributed by atoms with Crippen molar-refractivity contribution in [3.63, 3.8) is 0 Å². The number of para-hydroxylation sites is 4. The van der Waals surface area contributed by atoms with Crippen LogP contribution in [0.5, 0.6) is 0 Å². The molecule has 0 aliphatic rings. The summed E-state index contributed by atoms with van der Waals surface area (Å²) in [5.74, 6) is 0. The predicted octanol–water partition coefficient (Wildman–Crippen LogP) is 16.6. The van der Waals surface area contributed by atoms with Gasteiger partial charge in [-0.1, -0.05) is 158 Å². The molecule has 4 heterocycles. The second-order valence-corrected chi connectivity index (χ2v) is 16.9. The number of aromatic nitrogens is 2. The normalized spacial score (nSPS) is 12.1. The highest BCUT2D eigenvalue weighted by Crippen LogP contribution is 2.47. The first-order valence-corrected chi connectivity index (χ1v) is 21.9. The molecule has 0 radical (unpaired) electrons. The first kappa shape index (κ1) is 35.0. The van der Waals surface area contributed by atoms with E-state index in [1.165, 1.54) is 60.2 Å². The van der Waals surface area contributed by atoms with E-state index < -0.39 is 0 Å². The lowest BCUT2D eigenvalue weighted by Crippen LogP contribution is -2.11. The summed E-state index contributed by atoms with van der Waals surface area (Å²) in [5, 5.41) is 7.31. The van der Waals surface area contributed by atoms with Crippen LogP contribution in [-0.4, -0.2) is 8.80 Å². The lowest BCUT2D eigenvalue weighted by atomic mass is 9.92. The Balaban J connectivity index is 1.01. The highest BCUT2D eigenvalue weighted by Gasteiger charge is 2.24. The summed E-state index contributed by atoms with van der Waals surface area (Å²) < 4.78 is 11.5. The minimum atomic E-state index is 0.857. The quantitative estimate of drug-likeness (QED) is 0.156. The largest absolute Gasteiger partial charge is 0.456 e. The van der Waals surface area contributed by atoms with Crippen LogP contribution in [0.2, 0.25) is 0 Å². The molecule has 14 rings (SSSR count). The van der Waals surface area contributed by atoms with Gasteiger partial charge >= 0.3 is 0 Å². The number of hydrogen-bond donors (Lipinski definition) is 0. The molecule has 0 bridgehead atoms. The number of hydrogen-bond acceptors (Lipinski definition) is 2. The van der Waals surface area contributed by atoms with Crippen LogP contribution in [0, 0.1) is 0 Å². The van der Waals surface area contributed by atoms with Crippen LogP contribution in [0.4, 0.5) is 17.1 Å². The minimum Gasteiger partial charge on any atom is -0.456 e. The third kappa shape index (κ3) is 4.99. The molecule has 0 spiro atoms. The van der Waals surface area contributed by atoms with Crippen molar-refractivity contribution in [2.45, 2.75) is 0 Å². The Morgan fingerprint density at radius 2 is 0.875 bits per heavy atom. The number of nitrogens with zero attached hydrogens (tertiary/aromatic N) is 3. The van der Waals surface area contributed by atoms with Gasteiger partial charge in [0, 0.05) is 55.3 Å². The molecular weight excluding hydrogens is 779 g/mol. The molecule has 4 nitrogen and oxygen atoms in total. The van der Waals surface area contributed by atoms with E-state index in [0.717, 1.165) is 66.8 Å². The SMILES string of the molecule is c1ccc(-c2cccc(N(c3ccc4c(c3)oc3ccccc34)c3ccccc3-c3ccccc3-c3ccc4c(c3)n3c5ccccc5c5ccc6c7ccccc7n4c6c53)c2)cc1. The molecule has 0 fully saturated rings. The third-order valence-electron chi connectivity index (χ3n) is 13.4. The molecule has 10 aromatic carbocycles. The van der Waals surface area contributed by atoms with E-state index in [4.69, 9.17) is 4.42 Å². The van der Waals surface area contributed by atoms with Gasteiger partial charge in [0.2, 0.25) is 0 Å². The van der Waals surface area contributed by atoms with Crippen molar-refractivity contribution in [1.29, 1.82) is 0 Å². The second kappa shape index (κ2) is 13.4. The van der Waals surface area contributed by atoms with E-state index in [0.29, 0.717) is 0 Å². The fourth-order valence-corrected chi connectivity index (χ4v) is 10.7. The van der Waals surface area contributed by atoms with Crippen LogP contribution in [-0.2, 0) is 0 Å². The molecule has 0 aliphatic heterocycles. The number of benzene rings is 10. The Labute approximate surface area is 368 Å². The van der Waals surface area contributed by atoms with Crippen LogP contribution >= 0.6 is 0 Å². The van der Waals surface area contributed by atoms with Crippen LogP contribution in [0.15, 0.2) is 229 Å². The number of anilines is 3. The molecule has 14 aromatic rings. The molecule has 0 saturated heterocycles. The molecule has 0 aliphatic carbocycles. The van der Waals surface area contributed by atoms with Gasteiger partial charge in [-0.25, -0.2) is 0 Å². The Morgan fingerprint density at radius 1 is 0.297 bits per heavy atom. The maximum atomic E-state index is 6.52. The van der Waals surface area contributed by atoms with Gasteiger partial charge in [-0.3, -0.25) is 0 Å². The van der Waals surface area contributed by atoms with Gasteiger partial charge < -0.3 is 18.1 Å². The summed E-state index contributed by atoms with van der Waals surface area (Å²) in [4.78, 5) is 2.39. The van der Waals surface area contributed by atoms with Gasteiger partial charge in [-0.15, -0.1) is 0 Å². The average Bonchev–Trinajstić information content (AvgIpc) is 4.02. The maximum Gasteiger partial charge on any atom is 0.137 e. The van der Waals surface area contributed by atoms with E-state index in [1.54, 1.807) is 0 Å². The molecule has 0 saturated carbocycles. The first-order chi connectivity index (χ1) is 31.8. The van der Waals surface area contributed by atoms with Gasteiger partial charge in [0.1, 0.15) is 11.2 Å². The number of fused-ring (bicyclic) bond motifs is 12. The molecule has 4 heteroatoms. The fraction of sp³-hybridized carbons (Fsp3) is 0. The molecule has 0 atom stereocenters. The van der Waals surface area contributed by atoms with Crippen molar-refractivity contribution in [3.8, 4) is 33.4 Å². The average molecular weight is 816 g/mol. The highest BCUT2D eigenvalue weighted by atomic mass is 16.3. The van der Waals surface area contributed by atoms with Crippen molar-refractivity contribution in [2.24, 2.45) is 0 Å². The molecule has 4 aromatic heterocycles. The van der Waals surface area contributed by atoms with Crippen molar-refractivity contribution >= 4 is 93.6 Å². The Kier molecular flexibility index (Phi) is 7.36. The van der Waals surface area contributed by atoms with E-state index in [2.05, 4.69) is 226 Å². The summed E-state index contributed by atoms with van der Waals surface area (Å²) in [6, 6.07) is 81.5. The van der Waals surface area contributed by atoms with Crippen molar-refractivity contribution in [3.05, 3.63) is 224 Å². The molecule has 64 heavy (non-hydrogen) atoms. The Hall–Kier alpha value is -8.60. The topological polar surface area (TPSA) is 25.2 Å². The highest BCUT2D eigenvalue weighted by molar-refractivity contribution is 6.25. The zero-order valence-corrected chi connectivity index (χ0v) is 34.6. The van der Waals surface area contributed by atoms with Crippen molar-refractivity contribution < 1.29 is 4.42 Å². The zero-order valence-electron chi connectivity index (χ0n) is 34.6. The van der Waals surface area contributed by atoms with Crippen LogP contribution < -0.4 is 4.90 Å². The smallest absolute Gasteiger partial charge is 0.137 e. The van der Waals surface area contributed by atoms with E-state index in [9.17, 15) is 0 Å². The molecule has 0 amide bonds. The monoisotopic (exact) mass is 815 g/mol. The van der Waals surface area contributed by atoms with Crippen LogP contribution in [0.3, 0.4) is 0 Å². The van der Waals surface area contributed by atoms with Crippen molar-refractivity contribution in [1.82, 2.24) is 8.80 Å². The first-order valence-electron chi connectivity index (χ1n) is 21.9. The Bertz CT molecular complexity index is 4150. The predicted molar refractivity (Wildman–Crippen MR) is 268 cm³/mol. The van der Waals surface area contributed by atoms with Gasteiger partial charge in [0.05, 0.1) is 38.8 Å². The number of rotatable bonds is 6. The summed E-state index contributed by atoms with van der Waals surface area (Å²) >= 11 is 0. The molecule has 298 valence electrons. The summed E-state index contributed by atoms with van der Waals surface area (Å²) in [5.41, 5.74) is 19.1. The van der Waals surface area contributed by atoms with Gasteiger partial charge in [0.25, 0.3) is 0 Å². The molecule has 0 N–H and O–H groups in total. The van der Waals surface area contributed by atoms with E-state index in [1.807, 2.05) is 12.1 Å². The van der Waals surface area contributed by atoms with Crippen LogP contribution in [0.25, 0.3) is 110 Å². The Morgan fingerprint density at radius 3 is 1.66 bits per heavy atom. The fourth-order valence-electron chi connectivity index (χ4n) is 10.7.